The van der Waals surface area contributed by atoms with Gasteiger partial charge < -0.3 is 19.7 Å². The van der Waals surface area contributed by atoms with Crippen LogP contribution in [0.1, 0.15) is 56.6 Å². The molecule has 0 heterocycles. The molecule has 25 heavy (non-hydrogen) atoms. The molecule has 1 rings (SSSR count). The smallest absolute Gasteiger partial charge is 0.214 e. The van der Waals surface area contributed by atoms with Gasteiger partial charge in [0.05, 0.1) is 41.0 Å². The highest BCUT2D eigenvalue weighted by Gasteiger charge is 2.29. The molecule has 2 unspecified atom stereocenters. The molecule has 0 fully saturated rings. The number of rotatable bonds is 8. The molecular weight excluding hydrogens is 353 g/mol. The van der Waals surface area contributed by atoms with Gasteiger partial charge in [-0.1, -0.05) is 11.6 Å². The summed E-state index contributed by atoms with van der Waals surface area (Å²) in [7, 11) is 0. The molecule has 6 nitrogen and oxygen atoms in total. The van der Waals surface area contributed by atoms with Crippen molar-refractivity contribution < 1.29 is 28.9 Å². The molecule has 0 saturated carbocycles. The lowest BCUT2D eigenvalue weighted by Crippen LogP contribution is -2.41. The van der Waals surface area contributed by atoms with E-state index in [1.165, 1.54) is 13.0 Å². The number of nitrogens with one attached hydrogen (secondary N) is 1. The number of hydrogen-bond acceptors (Lipinski definition) is 6. The predicted octanol–water partition coefficient (Wildman–Crippen LogP) is 2.79. The molecule has 0 bridgehead atoms. The lowest BCUT2D eigenvalue weighted by atomic mass is 9.99. The Balaban J connectivity index is 3.37. The topological polar surface area (TPSA) is 88.0 Å². The Bertz CT molecular complexity index is 618. The number of hydrogen-bond donors (Lipinski definition) is 3. The summed E-state index contributed by atoms with van der Waals surface area (Å²) in [5.41, 5.74) is -0.722. The van der Waals surface area contributed by atoms with Gasteiger partial charge in [0.15, 0.2) is 5.78 Å². The van der Waals surface area contributed by atoms with Gasteiger partial charge in [-0.2, -0.15) is 0 Å². The SMILES string of the molecule is CCOc1c(C(C)=O)cc(Cl)c(F)c1C(CO)NC(O)OC(C)(C)C. The fraction of sp³-hybridized carbons (Fsp3) is 0.588. The minimum atomic E-state index is -1.48. The Hall–Kier alpha value is -1.25. The van der Waals surface area contributed by atoms with Crippen LogP contribution in [0.5, 0.6) is 5.75 Å². The predicted molar refractivity (Wildman–Crippen MR) is 92.4 cm³/mol. The molecule has 0 amide bonds. The van der Waals surface area contributed by atoms with E-state index in [4.69, 9.17) is 21.1 Å². The molecule has 1 aromatic carbocycles. The second kappa shape index (κ2) is 8.91. The highest BCUT2D eigenvalue weighted by molar-refractivity contribution is 6.31. The number of ether oxygens (including phenoxy) is 2. The normalized spacial score (nSPS) is 14.3. The van der Waals surface area contributed by atoms with Gasteiger partial charge in [-0.25, -0.2) is 4.39 Å². The summed E-state index contributed by atoms with van der Waals surface area (Å²) in [6.07, 6.45) is -1.48. The van der Waals surface area contributed by atoms with Gasteiger partial charge in [0.25, 0.3) is 0 Å². The number of Topliss-reactive ketones (excluding diaryl/α,β-unsaturated/α-hetero) is 1. The summed E-state index contributed by atoms with van der Waals surface area (Å²) in [5, 5.41) is 22.0. The van der Waals surface area contributed by atoms with Crippen molar-refractivity contribution in [2.45, 2.75) is 52.7 Å². The van der Waals surface area contributed by atoms with Crippen molar-refractivity contribution in [1.82, 2.24) is 5.32 Å². The van der Waals surface area contributed by atoms with E-state index in [0.717, 1.165) is 0 Å². The van der Waals surface area contributed by atoms with Gasteiger partial charge in [-0.05, 0) is 40.7 Å². The van der Waals surface area contributed by atoms with E-state index in [-0.39, 0.29) is 34.3 Å². The average Bonchev–Trinajstić information content (AvgIpc) is 2.47. The van der Waals surface area contributed by atoms with Crippen molar-refractivity contribution in [3.8, 4) is 5.75 Å². The van der Waals surface area contributed by atoms with Crippen LogP contribution in [0.25, 0.3) is 0 Å². The van der Waals surface area contributed by atoms with Gasteiger partial charge in [0, 0.05) is 0 Å². The standard InChI is InChI=1S/C17H25ClFNO5/c1-6-24-15-10(9(2)22)7-11(18)14(19)13(15)12(8-21)20-16(23)25-17(3,4)5/h7,12,16,20-21,23H,6,8H2,1-5H3. The Morgan fingerprint density at radius 3 is 2.48 bits per heavy atom. The van der Waals surface area contributed by atoms with Crippen molar-refractivity contribution in [3.05, 3.63) is 28.0 Å². The fourth-order valence-electron chi connectivity index (χ4n) is 2.27. The first kappa shape index (κ1) is 21.8. The summed E-state index contributed by atoms with van der Waals surface area (Å²) in [4.78, 5) is 11.9. The zero-order valence-electron chi connectivity index (χ0n) is 15.0. The summed E-state index contributed by atoms with van der Waals surface area (Å²) < 4.78 is 25.4. The molecule has 0 aliphatic carbocycles. The molecule has 0 saturated heterocycles. The average molecular weight is 378 g/mol. The number of aliphatic hydroxyl groups is 2. The zero-order chi connectivity index (χ0) is 19.4. The Labute approximate surface area is 151 Å². The number of carbonyl (C=O) groups is 1. The first-order valence-electron chi connectivity index (χ1n) is 7.90. The van der Waals surface area contributed by atoms with E-state index in [0.29, 0.717) is 0 Å². The monoisotopic (exact) mass is 377 g/mol. The third kappa shape index (κ3) is 5.90. The molecular formula is C17H25ClFNO5. The first-order valence-corrected chi connectivity index (χ1v) is 8.28. The quantitative estimate of drug-likeness (QED) is 0.477. The van der Waals surface area contributed by atoms with Crippen LogP contribution < -0.4 is 10.1 Å². The van der Waals surface area contributed by atoms with Gasteiger partial charge in [-0.3, -0.25) is 10.1 Å². The molecule has 0 spiro atoms. The van der Waals surface area contributed by atoms with Crippen LogP contribution in [-0.2, 0) is 4.74 Å². The van der Waals surface area contributed by atoms with E-state index < -0.39 is 30.5 Å². The highest BCUT2D eigenvalue weighted by atomic mass is 35.5. The fourth-order valence-corrected chi connectivity index (χ4v) is 2.48. The summed E-state index contributed by atoms with van der Waals surface area (Å²) in [6.45, 7) is 7.75. The number of halogens is 2. The Kier molecular flexibility index (Phi) is 7.77. The van der Waals surface area contributed by atoms with E-state index in [1.54, 1.807) is 27.7 Å². The Morgan fingerprint density at radius 2 is 2.04 bits per heavy atom. The lowest BCUT2D eigenvalue weighted by Gasteiger charge is -2.29. The van der Waals surface area contributed by atoms with Gasteiger partial charge in [0.2, 0.25) is 6.41 Å². The van der Waals surface area contributed by atoms with Crippen molar-refractivity contribution in [1.29, 1.82) is 0 Å². The van der Waals surface area contributed by atoms with Crippen LogP contribution >= 0.6 is 11.6 Å². The maximum atomic E-state index is 14.7. The van der Waals surface area contributed by atoms with Gasteiger partial charge >= 0.3 is 0 Å². The van der Waals surface area contributed by atoms with E-state index in [2.05, 4.69) is 5.32 Å². The van der Waals surface area contributed by atoms with Gasteiger partial charge in [0.1, 0.15) is 11.6 Å². The van der Waals surface area contributed by atoms with E-state index >= 15 is 0 Å². The molecule has 0 aliphatic heterocycles. The van der Waals surface area contributed by atoms with Crippen LogP contribution in [0.2, 0.25) is 5.02 Å². The molecule has 3 N–H and O–H groups in total. The molecule has 8 heteroatoms. The molecule has 0 aliphatic rings. The van der Waals surface area contributed by atoms with Crippen LogP contribution in [-0.4, -0.2) is 41.2 Å². The minimum Gasteiger partial charge on any atom is -0.493 e. The largest absolute Gasteiger partial charge is 0.493 e. The van der Waals surface area contributed by atoms with Crippen molar-refractivity contribution in [2.75, 3.05) is 13.2 Å². The van der Waals surface area contributed by atoms with Crippen LogP contribution in [0, 0.1) is 5.82 Å². The number of carbonyl (C=O) groups excluding carboxylic acids is 1. The lowest BCUT2D eigenvalue weighted by molar-refractivity contribution is -0.187. The summed E-state index contributed by atoms with van der Waals surface area (Å²) in [6, 6.07) is 0.0836. The van der Waals surface area contributed by atoms with Crippen molar-refractivity contribution >= 4 is 17.4 Å². The molecule has 142 valence electrons. The van der Waals surface area contributed by atoms with Crippen molar-refractivity contribution in [3.63, 3.8) is 0 Å². The maximum absolute atomic E-state index is 14.7. The minimum absolute atomic E-state index is 0.0218. The third-order valence-electron chi connectivity index (χ3n) is 3.21. The maximum Gasteiger partial charge on any atom is 0.214 e. The zero-order valence-corrected chi connectivity index (χ0v) is 15.8. The van der Waals surface area contributed by atoms with Crippen LogP contribution in [0.4, 0.5) is 4.39 Å². The van der Waals surface area contributed by atoms with Gasteiger partial charge in [-0.15, -0.1) is 0 Å². The number of benzene rings is 1. The summed E-state index contributed by atoms with van der Waals surface area (Å²) >= 11 is 5.89. The van der Waals surface area contributed by atoms with Crippen LogP contribution in [0.3, 0.4) is 0 Å². The highest BCUT2D eigenvalue weighted by Crippen LogP contribution is 2.36. The van der Waals surface area contributed by atoms with Crippen LogP contribution in [0.15, 0.2) is 6.07 Å². The number of ketones is 1. The molecule has 0 aromatic heterocycles. The molecule has 2 atom stereocenters. The Morgan fingerprint density at radius 1 is 1.44 bits per heavy atom. The van der Waals surface area contributed by atoms with Crippen molar-refractivity contribution in [2.24, 2.45) is 0 Å². The second-order valence-electron chi connectivity index (χ2n) is 6.44. The second-order valence-corrected chi connectivity index (χ2v) is 6.84. The van der Waals surface area contributed by atoms with E-state index in [9.17, 15) is 19.4 Å². The number of aliphatic hydroxyl groups excluding tert-OH is 2. The molecule has 0 radical (unpaired) electrons. The third-order valence-corrected chi connectivity index (χ3v) is 3.49. The molecule has 1 aromatic rings. The first-order chi connectivity index (χ1) is 11.5. The summed E-state index contributed by atoms with van der Waals surface area (Å²) in [5.74, 6) is -1.23. The van der Waals surface area contributed by atoms with E-state index in [1.807, 2.05) is 0 Å².